The molecule has 8 nitrogen and oxygen atoms in total. The highest BCUT2D eigenvalue weighted by Crippen LogP contribution is 2.16. The molecule has 0 aliphatic rings. The number of sulfonamides is 1. The Morgan fingerprint density at radius 3 is 2.60 bits per heavy atom. The van der Waals surface area contributed by atoms with Crippen LogP contribution in [0.2, 0.25) is 0 Å². The average Bonchev–Trinajstić information content (AvgIpc) is 2.99. The molecule has 11 heteroatoms. The zero-order valence-corrected chi connectivity index (χ0v) is 14.7. The van der Waals surface area contributed by atoms with Crippen LogP contribution in [0, 0.1) is 10.5 Å². The molecule has 2 rings (SSSR count). The van der Waals surface area contributed by atoms with E-state index in [0.29, 0.717) is 11.3 Å². The maximum Gasteiger partial charge on any atom is 0.275 e. The second kappa shape index (κ2) is 8.25. The van der Waals surface area contributed by atoms with Gasteiger partial charge < -0.3 is 4.74 Å². The second-order valence-electron chi connectivity index (χ2n) is 4.71. The van der Waals surface area contributed by atoms with E-state index in [1.54, 1.807) is 0 Å². The lowest BCUT2D eigenvalue weighted by molar-refractivity contribution is -0.110. The Labute approximate surface area is 147 Å². The summed E-state index contributed by atoms with van der Waals surface area (Å²) >= 11 is 0.640. The fourth-order valence-corrected chi connectivity index (χ4v) is 3.32. The molecule has 25 heavy (non-hydrogen) atoms. The van der Waals surface area contributed by atoms with Crippen LogP contribution in [0.3, 0.4) is 0 Å². The Morgan fingerprint density at radius 2 is 2.04 bits per heavy atom. The number of methoxy groups -OCH3 is 1. The second-order valence-corrected chi connectivity index (χ2v) is 7.46. The van der Waals surface area contributed by atoms with E-state index in [1.807, 2.05) is 0 Å². The third kappa shape index (κ3) is 5.13. The van der Waals surface area contributed by atoms with E-state index < -0.39 is 26.8 Å². The maximum atomic E-state index is 12.8. The smallest absolute Gasteiger partial charge is 0.275 e. The lowest BCUT2D eigenvalue weighted by atomic mass is 10.1. The molecule has 0 saturated heterocycles. The summed E-state index contributed by atoms with van der Waals surface area (Å²) in [6, 6.07) is 5.26. The molecule has 0 unspecified atom stereocenters. The molecule has 0 atom stereocenters. The van der Waals surface area contributed by atoms with Crippen molar-refractivity contribution in [2.45, 2.75) is 4.90 Å². The summed E-state index contributed by atoms with van der Waals surface area (Å²) in [7, 11) is -2.23. The predicted molar refractivity (Wildman–Crippen MR) is 91.0 cm³/mol. The summed E-state index contributed by atoms with van der Waals surface area (Å²) in [6.07, 6.45) is 0.958. The normalized spacial score (nSPS) is 11.3. The van der Waals surface area contributed by atoms with E-state index >= 15 is 0 Å². The zero-order valence-electron chi connectivity index (χ0n) is 13.1. The van der Waals surface area contributed by atoms with Crippen molar-refractivity contribution in [3.8, 4) is 0 Å². The zero-order chi connectivity index (χ0) is 18.4. The summed E-state index contributed by atoms with van der Waals surface area (Å²) in [5.74, 6) is -0.775. The number of carbonyl (C=O) groups is 1. The van der Waals surface area contributed by atoms with Crippen molar-refractivity contribution in [2.75, 3.05) is 25.6 Å². The molecule has 134 valence electrons. The lowest BCUT2D eigenvalue weighted by Crippen LogP contribution is -2.27. The van der Waals surface area contributed by atoms with Gasteiger partial charge in [-0.3, -0.25) is 15.5 Å². The molecule has 3 N–H and O–H groups in total. The number of anilines is 1. The van der Waals surface area contributed by atoms with Crippen LogP contribution < -0.4 is 10.0 Å². The molecule has 0 aliphatic heterocycles. The van der Waals surface area contributed by atoms with Crippen molar-refractivity contribution in [3.63, 3.8) is 0 Å². The molecule has 1 amide bonds. The number of nitrogens with zero attached hydrogens (tertiary/aromatic N) is 1. The van der Waals surface area contributed by atoms with Gasteiger partial charge >= 0.3 is 0 Å². The molecule has 0 radical (unpaired) electrons. The van der Waals surface area contributed by atoms with E-state index in [4.69, 9.17) is 10.1 Å². The van der Waals surface area contributed by atoms with Crippen molar-refractivity contribution in [1.29, 1.82) is 5.41 Å². The third-order valence-electron chi connectivity index (χ3n) is 2.98. The fourth-order valence-electron chi connectivity index (χ4n) is 1.77. The minimum Gasteiger partial charge on any atom is -0.383 e. The van der Waals surface area contributed by atoms with Crippen LogP contribution in [-0.2, 0) is 19.6 Å². The molecule has 2 aromatic rings. The lowest BCUT2D eigenvalue weighted by Gasteiger charge is -2.08. The number of hydrogen-bond donors (Lipinski definition) is 3. The van der Waals surface area contributed by atoms with Crippen molar-refractivity contribution in [3.05, 3.63) is 41.2 Å². The molecule has 1 aromatic heterocycles. The average molecular weight is 386 g/mol. The van der Waals surface area contributed by atoms with Crippen LogP contribution in [0.4, 0.5) is 9.52 Å². The molecule has 1 heterocycles. The molecule has 0 spiro atoms. The fraction of sp³-hybridized carbons (Fsp3) is 0.214. The summed E-state index contributed by atoms with van der Waals surface area (Å²) in [6.45, 7) is 0.364. The third-order valence-corrected chi connectivity index (χ3v) is 5.15. The first-order valence-electron chi connectivity index (χ1n) is 6.94. The van der Waals surface area contributed by atoms with Crippen LogP contribution in [0.5, 0.6) is 0 Å². The number of aromatic nitrogens is 1. The van der Waals surface area contributed by atoms with E-state index in [9.17, 15) is 17.6 Å². The Bertz CT molecular complexity index is 865. The Morgan fingerprint density at radius 1 is 1.36 bits per heavy atom. The molecular formula is C14H15FN4O4S2. The molecule has 0 fully saturated rings. The van der Waals surface area contributed by atoms with Gasteiger partial charge in [-0.1, -0.05) is 23.5 Å². The number of benzene rings is 1. The van der Waals surface area contributed by atoms with Crippen LogP contribution in [0.15, 0.2) is 35.4 Å². The van der Waals surface area contributed by atoms with Gasteiger partial charge in [0, 0.05) is 19.2 Å². The number of halogens is 1. The number of hydrogen-bond acceptors (Lipinski definition) is 7. The summed E-state index contributed by atoms with van der Waals surface area (Å²) in [5, 5.41) is 9.62. The first kappa shape index (κ1) is 19.1. The SMILES string of the molecule is COCCNS(=O)(=O)c1ccc(C(=N)C(=O)Nc2ncc(F)s2)cc1. The van der Waals surface area contributed by atoms with Crippen molar-refractivity contribution in [1.82, 2.24) is 9.71 Å². The number of amides is 1. The van der Waals surface area contributed by atoms with Crippen molar-refractivity contribution in [2.24, 2.45) is 0 Å². The van der Waals surface area contributed by atoms with Gasteiger partial charge in [-0.15, -0.1) is 0 Å². The summed E-state index contributed by atoms with van der Waals surface area (Å²) in [4.78, 5) is 15.6. The van der Waals surface area contributed by atoms with Gasteiger partial charge in [0.25, 0.3) is 5.91 Å². The van der Waals surface area contributed by atoms with Crippen LogP contribution in [0.1, 0.15) is 5.56 Å². The highest BCUT2D eigenvalue weighted by Gasteiger charge is 2.17. The van der Waals surface area contributed by atoms with Gasteiger partial charge in [-0.25, -0.2) is 18.1 Å². The number of nitrogens with one attached hydrogen (secondary N) is 3. The highest BCUT2D eigenvalue weighted by molar-refractivity contribution is 7.89. The monoisotopic (exact) mass is 386 g/mol. The molecule has 0 bridgehead atoms. The van der Waals surface area contributed by atoms with Gasteiger partial charge in [0.05, 0.1) is 17.7 Å². The van der Waals surface area contributed by atoms with E-state index in [-0.39, 0.29) is 28.7 Å². The minimum absolute atomic E-state index is 0.00237. The van der Waals surface area contributed by atoms with Gasteiger partial charge in [0.2, 0.25) is 10.0 Å². The molecule has 0 saturated carbocycles. The standard InChI is InChI=1S/C14H15FN4O4S2/c1-23-7-6-18-25(21,22)10-4-2-9(3-5-10)12(16)13(20)19-14-17-8-11(15)24-14/h2-5,8,16,18H,6-7H2,1H3,(H,17,19,20). The van der Waals surface area contributed by atoms with Gasteiger partial charge in [0.15, 0.2) is 10.3 Å². The largest absolute Gasteiger partial charge is 0.383 e. The minimum atomic E-state index is -3.69. The summed E-state index contributed by atoms with van der Waals surface area (Å²) < 4.78 is 44.0. The van der Waals surface area contributed by atoms with Gasteiger partial charge in [-0.05, 0) is 12.1 Å². The Hall–Kier alpha value is -2.21. The van der Waals surface area contributed by atoms with Gasteiger partial charge in [-0.2, -0.15) is 4.39 Å². The molecule has 1 aromatic carbocycles. The van der Waals surface area contributed by atoms with Crippen molar-refractivity contribution >= 4 is 38.1 Å². The van der Waals surface area contributed by atoms with Gasteiger partial charge in [0.1, 0.15) is 5.71 Å². The van der Waals surface area contributed by atoms with Crippen LogP contribution >= 0.6 is 11.3 Å². The first-order valence-corrected chi connectivity index (χ1v) is 9.23. The summed E-state index contributed by atoms with van der Waals surface area (Å²) in [5.41, 5.74) is -0.183. The predicted octanol–water partition coefficient (Wildman–Crippen LogP) is 1.21. The Balaban J connectivity index is 2.05. The van der Waals surface area contributed by atoms with E-state index in [0.717, 1.165) is 6.20 Å². The van der Waals surface area contributed by atoms with Crippen LogP contribution in [-0.4, -0.2) is 45.3 Å². The molecular weight excluding hydrogens is 371 g/mol. The highest BCUT2D eigenvalue weighted by atomic mass is 32.2. The van der Waals surface area contributed by atoms with E-state index in [1.165, 1.54) is 31.4 Å². The number of rotatable bonds is 8. The maximum absolute atomic E-state index is 12.8. The van der Waals surface area contributed by atoms with E-state index in [2.05, 4.69) is 15.0 Å². The number of ether oxygens (including phenoxy) is 1. The Kier molecular flexibility index (Phi) is 6.31. The topological polar surface area (TPSA) is 121 Å². The van der Waals surface area contributed by atoms with Crippen LogP contribution in [0.25, 0.3) is 0 Å². The quantitative estimate of drug-likeness (QED) is 0.465. The first-order chi connectivity index (χ1) is 11.8. The number of thiazole rings is 1. The van der Waals surface area contributed by atoms with Crippen molar-refractivity contribution < 1.29 is 22.3 Å². The molecule has 0 aliphatic carbocycles. The number of carbonyl (C=O) groups excluding carboxylic acids is 1.